The average Bonchev–Trinajstić information content (AvgIpc) is 3.41. The molecule has 8 nitrogen and oxygen atoms in total. The van der Waals surface area contributed by atoms with Crippen molar-refractivity contribution in [1.82, 2.24) is 10.2 Å². The first-order chi connectivity index (χ1) is 14.1. The van der Waals surface area contributed by atoms with Crippen molar-refractivity contribution < 1.29 is 18.4 Å². The molecule has 0 saturated heterocycles. The summed E-state index contributed by atoms with van der Waals surface area (Å²) in [5, 5.41) is 16.3. The minimum Gasteiger partial charge on any atom is -0.459 e. The van der Waals surface area contributed by atoms with Crippen molar-refractivity contribution >= 4 is 17.7 Å². The molecule has 0 aliphatic carbocycles. The molecule has 0 bridgehead atoms. The maximum absolute atomic E-state index is 12.4. The van der Waals surface area contributed by atoms with Crippen molar-refractivity contribution in [3.05, 3.63) is 78.1 Å². The number of amides is 1. The molecule has 2 aromatic heterocycles. The van der Waals surface area contributed by atoms with Crippen molar-refractivity contribution in [3.63, 3.8) is 0 Å². The zero-order valence-corrected chi connectivity index (χ0v) is 15.4. The molecule has 0 aliphatic heterocycles. The lowest BCUT2D eigenvalue weighted by molar-refractivity contribution is 0.102. The molecule has 0 aliphatic rings. The second-order valence-electron chi connectivity index (χ2n) is 5.89. The Balaban J connectivity index is 0.000000755. The molecule has 4 rings (SSSR count). The van der Waals surface area contributed by atoms with Gasteiger partial charge < -0.3 is 14.2 Å². The molecule has 0 saturated carbocycles. The fourth-order valence-electron chi connectivity index (χ4n) is 2.48. The van der Waals surface area contributed by atoms with Gasteiger partial charge in [0.2, 0.25) is 12.0 Å². The SMILES string of the molecule is Cc1ccc(C(=O)Nc2cccc(-c3nnc(-c4ccco4)o3)c2)cc1.N=C=O. The summed E-state index contributed by atoms with van der Waals surface area (Å²) in [6.45, 7) is 1.98. The predicted molar refractivity (Wildman–Crippen MR) is 105 cm³/mol. The lowest BCUT2D eigenvalue weighted by Gasteiger charge is -2.06. The summed E-state index contributed by atoms with van der Waals surface area (Å²) in [6, 6.07) is 18.1. The van der Waals surface area contributed by atoms with Crippen molar-refractivity contribution in [2.75, 3.05) is 5.32 Å². The molecule has 144 valence electrons. The van der Waals surface area contributed by atoms with Gasteiger partial charge in [-0.25, -0.2) is 10.2 Å². The highest BCUT2D eigenvalue weighted by Crippen LogP contribution is 2.26. The molecular weight excluding hydrogens is 372 g/mol. The van der Waals surface area contributed by atoms with E-state index in [0.29, 0.717) is 34.4 Å². The first kappa shape index (κ1) is 19.5. The standard InChI is InChI=1S/C20H15N3O3.CHNO/c1-13-7-9-14(10-8-13)18(24)21-16-5-2-4-15(12-16)19-22-23-20(26-19)17-6-3-11-25-17;2-1-3/h2-12H,1H3,(H,21,24);2H. The molecule has 8 heteroatoms. The van der Waals surface area contributed by atoms with Crippen LogP contribution in [0.2, 0.25) is 0 Å². The summed E-state index contributed by atoms with van der Waals surface area (Å²) < 4.78 is 10.9. The highest BCUT2D eigenvalue weighted by atomic mass is 16.4. The molecule has 0 spiro atoms. The van der Waals surface area contributed by atoms with E-state index in [1.54, 1.807) is 42.7 Å². The minimum absolute atomic E-state index is 0.177. The third-order valence-corrected chi connectivity index (χ3v) is 3.84. The van der Waals surface area contributed by atoms with E-state index in [0.717, 1.165) is 11.6 Å². The van der Waals surface area contributed by atoms with Crippen molar-refractivity contribution in [2.24, 2.45) is 0 Å². The zero-order chi connectivity index (χ0) is 20.6. The van der Waals surface area contributed by atoms with Gasteiger partial charge in [-0.05, 0) is 49.4 Å². The van der Waals surface area contributed by atoms with Gasteiger partial charge in [0.1, 0.15) is 0 Å². The second-order valence-corrected chi connectivity index (χ2v) is 5.89. The molecule has 4 aromatic rings. The van der Waals surface area contributed by atoms with Gasteiger partial charge >= 0.3 is 0 Å². The van der Waals surface area contributed by atoms with Gasteiger partial charge in [0.05, 0.1) is 6.26 Å². The molecule has 2 aromatic carbocycles. The molecule has 0 unspecified atom stereocenters. The normalized spacial score (nSPS) is 9.83. The number of furan rings is 1. The Labute approximate surface area is 165 Å². The number of carbonyl (C=O) groups excluding carboxylic acids is 2. The van der Waals surface area contributed by atoms with E-state index >= 15 is 0 Å². The Morgan fingerprint density at radius 1 is 1.03 bits per heavy atom. The topological polar surface area (TPSA) is 122 Å². The van der Waals surface area contributed by atoms with Gasteiger partial charge in [-0.2, -0.15) is 0 Å². The number of nitrogens with zero attached hydrogens (tertiary/aromatic N) is 2. The van der Waals surface area contributed by atoms with E-state index in [9.17, 15) is 4.79 Å². The van der Waals surface area contributed by atoms with Crippen LogP contribution >= 0.6 is 0 Å². The van der Waals surface area contributed by atoms with Gasteiger partial charge in [-0.1, -0.05) is 23.8 Å². The van der Waals surface area contributed by atoms with E-state index in [1.165, 1.54) is 0 Å². The van der Waals surface area contributed by atoms with Crippen LogP contribution in [0.25, 0.3) is 23.1 Å². The summed E-state index contributed by atoms with van der Waals surface area (Å²) in [7, 11) is 0. The van der Waals surface area contributed by atoms with Crippen LogP contribution in [0.15, 0.2) is 75.8 Å². The van der Waals surface area contributed by atoms with Gasteiger partial charge in [-0.3, -0.25) is 4.79 Å². The van der Waals surface area contributed by atoms with Gasteiger partial charge in [0.25, 0.3) is 11.8 Å². The van der Waals surface area contributed by atoms with Crippen LogP contribution in [0.5, 0.6) is 0 Å². The second kappa shape index (κ2) is 9.07. The number of anilines is 1. The fourth-order valence-corrected chi connectivity index (χ4v) is 2.48. The lowest BCUT2D eigenvalue weighted by atomic mass is 10.1. The molecule has 1 amide bonds. The van der Waals surface area contributed by atoms with Crippen LogP contribution in [-0.2, 0) is 4.79 Å². The van der Waals surface area contributed by atoms with Crippen LogP contribution in [0.3, 0.4) is 0 Å². The third-order valence-electron chi connectivity index (χ3n) is 3.84. The maximum Gasteiger partial charge on any atom is 0.283 e. The first-order valence-electron chi connectivity index (χ1n) is 8.50. The number of nitrogens with one attached hydrogen (secondary N) is 2. The van der Waals surface area contributed by atoms with Crippen LogP contribution in [0.1, 0.15) is 15.9 Å². The summed E-state index contributed by atoms with van der Waals surface area (Å²) in [4.78, 5) is 20.7. The fraction of sp³-hybridized carbons (Fsp3) is 0.0476. The molecule has 0 fully saturated rings. The molecule has 0 radical (unpaired) electrons. The van der Waals surface area contributed by atoms with Crippen LogP contribution in [-0.4, -0.2) is 22.2 Å². The predicted octanol–water partition coefficient (Wildman–Crippen LogP) is 4.46. The number of hydrogen-bond acceptors (Lipinski definition) is 7. The number of aryl methyl sites for hydroxylation is 1. The number of hydrogen-bond donors (Lipinski definition) is 2. The van der Waals surface area contributed by atoms with Crippen LogP contribution in [0.4, 0.5) is 5.69 Å². The van der Waals surface area contributed by atoms with Crippen LogP contribution in [0, 0.1) is 12.3 Å². The van der Waals surface area contributed by atoms with E-state index in [4.69, 9.17) is 19.0 Å². The summed E-state index contributed by atoms with van der Waals surface area (Å²) >= 11 is 0. The minimum atomic E-state index is -0.177. The smallest absolute Gasteiger partial charge is 0.283 e. The molecule has 29 heavy (non-hydrogen) atoms. The molecule has 2 N–H and O–H groups in total. The summed E-state index contributed by atoms with van der Waals surface area (Å²) in [5.74, 6) is 0.985. The molecular formula is C21H16N4O4. The largest absolute Gasteiger partial charge is 0.459 e. The summed E-state index contributed by atoms with van der Waals surface area (Å²) in [5.41, 5.74) is 3.05. The van der Waals surface area contributed by atoms with E-state index < -0.39 is 0 Å². The van der Waals surface area contributed by atoms with E-state index in [2.05, 4.69) is 15.5 Å². The molecule has 0 atom stereocenters. The van der Waals surface area contributed by atoms with E-state index in [1.807, 2.05) is 31.2 Å². The maximum atomic E-state index is 12.4. The Bertz CT molecular complexity index is 1130. The van der Waals surface area contributed by atoms with Crippen molar-refractivity contribution in [3.8, 4) is 23.1 Å². The Morgan fingerprint density at radius 3 is 2.45 bits per heavy atom. The zero-order valence-electron chi connectivity index (χ0n) is 15.4. The Morgan fingerprint density at radius 2 is 1.76 bits per heavy atom. The molecule has 2 heterocycles. The monoisotopic (exact) mass is 388 g/mol. The summed E-state index contributed by atoms with van der Waals surface area (Å²) in [6.07, 6.45) is 2.29. The van der Waals surface area contributed by atoms with Gasteiger partial charge in [0.15, 0.2) is 5.76 Å². The van der Waals surface area contributed by atoms with Crippen molar-refractivity contribution in [1.29, 1.82) is 5.41 Å². The number of carbonyl (C=O) groups is 1. The number of rotatable bonds is 4. The highest BCUT2D eigenvalue weighted by Gasteiger charge is 2.13. The van der Waals surface area contributed by atoms with Gasteiger partial charge in [-0.15, -0.1) is 10.2 Å². The number of aromatic nitrogens is 2. The van der Waals surface area contributed by atoms with Gasteiger partial charge in [0, 0.05) is 16.8 Å². The lowest BCUT2D eigenvalue weighted by Crippen LogP contribution is -2.11. The Hall–Kier alpha value is -4.29. The average molecular weight is 388 g/mol. The van der Waals surface area contributed by atoms with E-state index in [-0.39, 0.29) is 5.91 Å². The Kier molecular flexibility index (Phi) is 6.09. The third kappa shape index (κ3) is 4.91. The number of benzene rings is 2. The van der Waals surface area contributed by atoms with Crippen molar-refractivity contribution in [2.45, 2.75) is 6.92 Å². The number of isocyanates is 1. The van der Waals surface area contributed by atoms with Crippen LogP contribution < -0.4 is 5.32 Å². The highest BCUT2D eigenvalue weighted by molar-refractivity contribution is 6.04. The quantitative estimate of drug-likeness (QED) is 0.393. The first-order valence-corrected chi connectivity index (χ1v) is 8.50.